The van der Waals surface area contributed by atoms with Crippen LogP contribution in [0.2, 0.25) is 0 Å². The van der Waals surface area contributed by atoms with Gasteiger partial charge in [0.2, 0.25) is 0 Å². The Kier molecular flexibility index (Phi) is 11.0. The highest BCUT2D eigenvalue weighted by atomic mass is 16.3. The number of anilines is 4. The Labute approximate surface area is 495 Å². The molecule has 0 saturated carbocycles. The first-order chi connectivity index (χ1) is 42.4. The minimum atomic E-state index is 0.803. The van der Waals surface area contributed by atoms with Crippen molar-refractivity contribution >= 4 is 140 Å². The fraction of sp³-hybridized carbons (Fsp3) is 0.0250. The normalized spacial score (nSPS) is 12.6. The maximum atomic E-state index is 6.87. The fourth-order valence-corrected chi connectivity index (χ4v) is 14.1. The molecule has 0 aliphatic rings. The number of para-hydroxylation sites is 7. The molecule has 0 unspecified atom stereocenters. The number of benzene rings is 11. The van der Waals surface area contributed by atoms with Crippen LogP contribution < -0.4 is 20.4 Å². The van der Waals surface area contributed by atoms with Crippen molar-refractivity contribution in [2.24, 2.45) is 0 Å². The van der Waals surface area contributed by atoms with Crippen molar-refractivity contribution < 1.29 is 8.83 Å². The first kappa shape index (κ1) is 49.3. The van der Waals surface area contributed by atoms with Gasteiger partial charge in [-0.3, -0.25) is 0 Å². The molecular formula is C80H54N4O2. The summed E-state index contributed by atoms with van der Waals surface area (Å²) < 4.78 is 17.9. The van der Waals surface area contributed by atoms with Crippen LogP contribution in [0, 0.1) is 13.8 Å². The summed E-state index contributed by atoms with van der Waals surface area (Å²) >= 11 is 0. The van der Waals surface area contributed by atoms with Crippen LogP contribution in [-0.4, -0.2) is 8.80 Å². The van der Waals surface area contributed by atoms with Crippen molar-refractivity contribution in [2.45, 2.75) is 13.8 Å². The zero-order valence-electron chi connectivity index (χ0n) is 47.4. The van der Waals surface area contributed by atoms with Gasteiger partial charge in [-0.15, -0.1) is 0 Å². The molecule has 6 heteroatoms. The average Bonchev–Trinajstić information content (AvgIpc) is 1.51. The molecule has 86 heavy (non-hydrogen) atoms. The van der Waals surface area contributed by atoms with Gasteiger partial charge in [-0.1, -0.05) is 207 Å². The highest BCUT2D eigenvalue weighted by molar-refractivity contribution is 6.36. The van der Waals surface area contributed by atoms with Crippen LogP contribution in [0.3, 0.4) is 0 Å². The van der Waals surface area contributed by atoms with Crippen molar-refractivity contribution in [3.05, 3.63) is 295 Å². The van der Waals surface area contributed by atoms with Gasteiger partial charge in [0.1, 0.15) is 11.2 Å². The Morgan fingerprint density at radius 3 is 1.69 bits per heavy atom. The molecule has 6 nitrogen and oxygen atoms in total. The first-order valence-electron chi connectivity index (χ1n) is 29.3. The van der Waals surface area contributed by atoms with E-state index >= 15 is 0 Å². The second-order valence-electron chi connectivity index (χ2n) is 22.6. The van der Waals surface area contributed by atoms with E-state index in [1.54, 1.807) is 0 Å². The van der Waals surface area contributed by atoms with Gasteiger partial charge in [-0.05, 0) is 96.8 Å². The van der Waals surface area contributed by atoms with Gasteiger partial charge in [0.05, 0.1) is 39.5 Å². The van der Waals surface area contributed by atoms with E-state index in [0.717, 1.165) is 127 Å². The highest BCUT2D eigenvalue weighted by Gasteiger charge is 2.31. The molecule has 0 aliphatic carbocycles. The van der Waals surface area contributed by atoms with Crippen LogP contribution in [0.4, 0.5) is 22.7 Å². The Morgan fingerprint density at radius 1 is 0.453 bits per heavy atom. The van der Waals surface area contributed by atoms with Gasteiger partial charge < -0.3 is 27.4 Å². The number of allylic oxidation sites excluding steroid dienone is 3. The lowest BCUT2D eigenvalue weighted by Gasteiger charge is -2.25. The summed E-state index contributed by atoms with van der Waals surface area (Å²) in [6, 6.07) is 82.9. The van der Waals surface area contributed by atoms with Crippen LogP contribution in [-0.2, 0) is 0 Å². The van der Waals surface area contributed by atoms with Crippen LogP contribution in [0.15, 0.2) is 276 Å². The number of furan rings is 2. The van der Waals surface area contributed by atoms with Gasteiger partial charge in [0, 0.05) is 110 Å². The highest BCUT2D eigenvalue weighted by Crippen LogP contribution is 2.53. The lowest BCUT2D eigenvalue weighted by Crippen LogP contribution is -2.26. The number of hydrogen-bond donors (Lipinski definition) is 0. The maximum absolute atomic E-state index is 6.87. The molecule has 406 valence electrons. The molecule has 11 aromatic carbocycles. The van der Waals surface area contributed by atoms with E-state index < -0.39 is 0 Å². The molecule has 6 heterocycles. The molecule has 0 saturated heterocycles. The zero-order chi connectivity index (χ0) is 57.3. The SMILES string of the molecule is C=C(/C=c1\c(=C)n2c3c(-c4ccccc4)c4c5cccc6c7cc(N(c8ccccc8)c8cccc9c8oc8c(C)cccc89)ccc7n(c4c(-c4ccccc4)c3c3cccc1c32)c65)N(/C=C/C=C\c1coc2c(C)cccc12)c1ccccc1. The number of aryl methyl sites for hydroxylation is 2. The minimum absolute atomic E-state index is 0.803. The summed E-state index contributed by atoms with van der Waals surface area (Å²) in [6.45, 7) is 14.0. The Morgan fingerprint density at radius 2 is 1.00 bits per heavy atom. The minimum Gasteiger partial charge on any atom is -0.463 e. The molecule has 17 aromatic rings. The average molecular weight is 1100 g/mol. The standard InChI is InChI=1S/C80H54N4O2/c1-49-24-19-35-59-55(48-85-78(49)59)30-17-18-45-81(56-31-13-7-14-32-56)51(3)46-66-52(4)82-74-60(66)36-21-40-64(74)72-71(54-28-11-6-12-29-54)77-73(70(76(72)82)53-26-9-5-10-27-53)65-41-22-37-61-67-47-58(43-44-68(67)84(77)75(61)65)83(57-33-15-8-16-34-57)69-42-23-39-63-62-38-20-25-50(2)79(62)86-80(63)69/h5-48H,3-4H2,1-2H3/b30-17-,45-18+,66-46+. The quantitative estimate of drug-likeness (QED) is 0.121. The third kappa shape index (κ3) is 7.20. The fourth-order valence-electron chi connectivity index (χ4n) is 14.1. The molecule has 0 radical (unpaired) electrons. The van der Waals surface area contributed by atoms with Crippen molar-refractivity contribution in [3.63, 3.8) is 0 Å². The van der Waals surface area contributed by atoms with E-state index in [4.69, 9.17) is 22.0 Å². The van der Waals surface area contributed by atoms with Crippen LogP contribution >= 0.6 is 0 Å². The molecular weight excluding hydrogens is 1050 g/mol. The predicted octanol–water partition coefficient (Wildman–Crippen LogP) is 20.3. The summed E-state index contributed by atoms with van der Waals surface area (Å²) in [7, 11) is 0. The topological polar surface area (TPSA) is 41.6 Å². The largest absolute Gasteiger partial charge is 0.463 e. The summed E-state index contributed by atoms with van der Waals surface area (Å²) in [5.41, 5.74) is 21.2. The summed E-state index contributed by atoms with van der Waals surface area (Å²) in [5, 5.41) is 13.4. The molecule has 0 atom stereocenters. The molecule has 0 fully saturated rings. The van der Waals surface area contributed by atoms with E-state index in [2.05, 4.69) is 287 Å². The second-order valence-corrected chi connectivity index (χ2v) is 22.6. The smallest absolute Gasteiger partial charge is 0.159 e. The Bertz CT molecular complexity index is 5770. The molecule has 0 aliphatic heterocycles. The lowest BCUT2D eigenvalue weighted by atomic mass is 9.89. The van der Waals surface area contributed by atoms with Gasteiger partial charge in [0.25, 0.3) is 0 Å². The van der Waals surface area contributed by atoms with Crippen LogP contribution in [0.5, 0.6) is 0 Å². The van der Waals surface area contributed by atoms with Gasteiger partial charge >= 0.3 is 0 Å². The Hall–Kier alpha value is -11.3. The van der Waals surface area contributed by atoms with Crippen LogP contribution in [0.1, 0.15) is 16.7 Å². The first-order valence-corrected chi connectivity index (χ1v) is 29.3. The zero-order valence-corrected chi connectivity index (χ0v) is 47.4. The van der Waals surface area contributed by atoms with Crippen molar-refractivity contribution in [1.82, 2.24) is 8.80 Å². The summed E-state index contributed by atoms with van der Waals surface area (Å²) in [5.74, 6) is 0. The molecule has 0 amide bonds. The number of rotatable bonds is 11. The molecule has 17 rings (SSSR count). The molecule has 0 bridgehead atoms. The van der Waals surface area contributed by atoms with Gasteiger partial charge in [-0.25, -0.2) is 0 Å². The van der Waals surface area contributed by atoms with Crippen molar-refractivity contribution in [3.8, 4) is 22.3 Å². The predicted molar refractivity (Wildman–Crippen MR) is 362 cm³/mol. The monoisotopic (exact) mass is 1100 g/mol. The van der Waals surface area contributed by atoms with E-state index in [9.17, 15) is 0 Å². The number of fused-ring (bicyclic) bond motifs is 13. The Balaban J connectivity index is 0.911. The number of nitrogens with zero attached hydrogens (tertiary/aromatic N) is 4. The summed E-state index contributed by atoms with van der Waals surface area (Å²) in [6.07, 6.45) is 12.3. The lowest BCUT2D eigenvalue weighted by molar-refractivity contribution is 0.612. The third-order valence-electron chi connectivity index (χ3n) is 17.8. The summed E-state index contributed by atoms with van der Waals surface area (Å²) in [4.78, 5) is 4.50. The molecule has 0 spiro atoms. The maximum Gasteiger partial charge on any atom is 0.159 e. The van der Waals surface area contributed by atoms with Gasteiger partial charge in [0.15, 0.2) is 5.58 Å². The van der Waals surface area contributed by atoms with Crippen molar-refractivity contribution in [1.29, 1.82) is 0 Å². The van der Waals surface area contributed by atoms with E-state index in [1.807, 2.05) is 12.3 Å². The van der Waals surface area contributed by atoms with Gasteiger partial charge in [-0.2, -0.15) is 0 Å². The van der Waals surface area contributed by atoms with Crippen molar-refractivity contribution in [2.75, 3.05) is 9.80 Å². The van der Waals surface area contributed by atoms with E-state index in [0.29, 0.717) is 0 Å². The van der Waals surface area contributed by atoms with Crippen LogP contribution in [0.25, 0.3) is 139 Å². The number of hydrogen-bond acceptors (Lipinski definition) is 4. The number of aromatic nitrogens is 2. The second kappa shape index (κ2) is 19.1. The molecule has 6 aromatic heterocycles. The van der Waals surface area contributed by atoms with E-state index in [1.165, 1.54) is 49.1 Å². The van der Waals surface area contributed by atoms with E-state index in [-0.39, 0.29) is 0 Å². The third-order valence-corrected chi connectivity index (χ3v) is 17.8. The molecule has 0 N–H and O–H groups in total.